The van der Waals surface area contributed by atoms with Gasteiger partial charge in [-0.2, -0.15) is 8.42 Å². The minimum Gasteiger partial charge on any atom is -0.380 e. The molecule has 2 aromatic heterocycles. The van der Waals surface area contributed by atoms with Crippen molar-refractivity contribution >= 4 is 48.7 Å². The number of benzene rings is 2. The van der Waals surface area contributed by atoms with Gasteiger partial charge in [0.2, 0.25) is 5.91 Å². The van der Waals surface area contributed by atoms with E-state index in [0.29, 0.717) is 13.0 Å². The molecule has 4 aromatic rings. The summed E-state index contributed by atoms with van der Waals surface area (Å²) in [7, 11) is -4.01. The Morgan fingerprint density at radius 3 is 2.56 bits per heavy atom. The van der Waals surface area contributed by atoms with Gasteiger partial charge < -0.3 is 10.6 Å². The van der Waals surface area contributed by atoms with Crippen molar-refractivity contribution in [3.05, 3.63) is 83.4 Å². The topological polar surface area (TPSA) is 100 Å². The number of aryl methyl sites for hydroxylation is 1. The van der Waals surface area contributed by atoms with Gasteiger partial charge in [0.15, 0.2) is 5.03 Å². The van der Waals surface area contributed by atoms with Crippen molar-refractivity contribution in [2.24, 2.45) is 0 Å². The lowest BCUT2D eigenvalue weighted by Crippen LogP contribution is -2.35. The number of para-hydroxylation sites is 2. The van der Waals surface area contributed by atoms with Gasteiger partial charge in [0.05, 0.1) is 11.4 Å². The number of aromatic nitrogens is 1. The van der Waals surface area contributed by atoms with E-state index >= 15 is 0 Å². The van der Waals surface area contributed by atoms with Crippen LogP contribution in [0.4, 0.5) is 11.4 Å². The molecule has 188 valence electrons. The minimum absolute atomic E-state index is 0.0165. The second-order valence-electron chi connectivity index (χ2n) is 8.64. The molecule has 4 rings (SSSR count). The van der Waals surface area contributed by atoms with E-state index < -0.39 is 15.9 Å². The zero-order valence-corrected chi connectivity index (χ0v) is 22.0. The van der Waals surface area contributed by atoms with Gasteiger partial charge in [0, 0.05) is 35.3 Å². The fourth-order valence-corrected chi connectivity index (χ4v) is 6.18. The molecule has 0 spiro atoms. The number of pyridine rings is 1. The monoisotopic (exact) mass is 522 g/mol. The molecule has 2 aromatic carbocycles. The van der Waals surface area contributed by atoms with Crippen LogP contribution in [-0.2, 0) is 21.4 Å². The van der Waals surface area contributed by atoms with Gasteiger partial charge in [0.25, 0.3) is 10.0 Å². The van der Waals surface area contributed by atoms with E-state index in [2.05, 4.69) is 50.8 Å². The molecule has 2 heterocycles. The summed E-state index contributed by atoms with van der Waals surface area (Å²) in [4.78, 5) is 16.5. The predicted molar refractivity (Wildman–Crippen MR) is 147 cm³/mol. The second-order valence-corrected chi connectivity index (χ2v) is 11.2. The fraction of sp³-hybridized carbons (Fsp3) is 0.259. The van der Waals surface area contributed by atoms with Gasteiger partial charge in [-0.25, -0.2) is 9.71 Å². The van der Waals surface area contributed by atoms with Crippen LogP contribution < -0.4 is 15.4 Å². The van der Waals surface area contributed by atoms with Gasteiger partial charge in [-0.05, 0) is 60.2 Å². The molecule has 0 radical (unpaired) electrons. The second kappa shape index (κ2) is 11.5. The van der Waals surface area contributed by atoms with Gasteiger partial charge in [-0.3, -0.25) is 4.79 Å². The molecule has 36 heavy (non-hydrogen) atoms. The van der Waals surface area contributed by atoms with Crippen LogP contribution in [0.15, 0.2) is 77.3 Å². The van der Waals surface area contributed by atoms with E-state index in [4.69, 9.17) is 0 Å². The van der Waals surface area contributed by atoms with Crippen LogP contribution in [0.25, 0.3) is 10.1 Å². The van der Waals surface area contributed by atoms with Crippen molar-refractivity contribution in [1.29, 1.82) is 0 Å². The summed E-state index contributed by atoms with van der Waals surface area (Å²) >= 11 is 1.74. The van der Waals surface area contributed by atoms with Crippen LogP contribution in [0.2, 0.25) is 0 Å². The third-order valence-electron chi connectivity index (χ3n) is 5.87. The third-order valence-corrected chi connectivity index (χ3v) is 8.16. The van der Waals surface area contributed by atoms with Crippen LogP contribution in [-0.4, -0.2) is 25.4 Å². The Kier molecular flexibility index (Phi) is 8.22. The van der Waals surface area contributed by atoms with Gasteiger partial charge in [0.1, 0.15) is 0 Å². The highest BCUT2D eigenvalue weighted by molar-refractivity contribution is 7.90. The third kappa shape index (κ3) is 6.22. The highest BCUT2D eigenvalue weighted by atomic mass is 32.2. The summed E-state index contributed by atoms with van der Waals surface area (Å²) in [5.74, 6) is -0.572. The first-order valence-electron chi connectivity index (χ1n) is 11.9. The Morgan fingerprint density at radius 2 is 1.81 bits per heavy atom. The summed E-state index contributed by atoms with van der Waals surface area (Å²) in [6, 6.07) is 18.5. The van der Waals surface area contributed by atoms with Gasteiger partial charge in [-0.15, -0.1) is 11.3 Å². The molecular formula is C27H30N4O3S2. The maximum atomic E-state index is 12.7. The highest BCUT2D eigenvalue weighted by Gasteiger charge is 2.22. The van der Waals surface area contributed by atoms with E-state index in [-0.39, 0.29) is 17.5 Å². The summed E-state index contributed by atoms with van der Waals surface area (Å²) in [6.07, 6.45) is 2.95. The lowest BCUT2D eigenvalue weighted by molar-refractivity contribution is -0.119. The molecule has 3 N–H and O–H groups in total. The van der Waals surface area contributed by atoms with E-state index in [0.717, 1.165) is 17.8 Å². The van der Waals surface area contributed by atoms with Crippen molar-refractivity contribution < 1.29 is 13.2 Å². The first-order valence-corrected chi connectivity index (χ1v) is 14.3. The van der Waals surface area contributed by atoms with Crippen LogP contribution in [0, 0.1) is 6.92 Å². The molecular weight excluding hydrogens is 492 g/mol. The number of carbonyl (C=O) groups is 1. The van der Waals surface area contributed by atoms with Crippen LogP contribution in [0.1, 0.15) is 37.3 Å². The number of amides is 1. The van der Waals surface area contributed by atoms with Crippen molar-refractivity contribution in [1.82, 2.24) is 9.71 Å². The van der Waals surface area contributed by atoms with E-state index in [9.17, 15) is 13.2 Å². The first kappa shape index (κ1) is 25.7. The summed E-state index contributed by atoms with van der Waals surface area (Å²) < 4.78 is 28.4. The standard InChI is InChI=1S/C27H30N4O3S2/c1-3-9-21(16-25(32)31-36(33,34)26-14-6-7-15-28-26)30-23-12-5-4-11-22(23)29-17-20-18-35-24-13-8-10-19(2)27(20)24/h4-8,10-15,18,21,29-30H,3,9,16-17H2,1-2H3,(H,31,32). The molecule has 9 heteroatoms. The number of sulfonamides is 1. The molecule has 7 nitrogen and oxygen atoms in total. The van der Waals surface area contributed by atoms with E-state index in [1.807, 2.05) is 31.2 Å². The molecule has 0 saturated heterocycles. The molecule has 0 aliphatic carbocycles. The largest absolute Gasteiger partial charge is 0.380 e. The summed E-state index contributed by atoms with van der Waals surface area (Å²) in [5, 5.41) is 10.3. The molecule has 0 aliphatic rings. The zero-order valence-electron chi connectivity index (χ0n) is 20.3. The van der Waals surface area contributed by atoms with Crippen LogP contribution in [0.5, 0.6) is 0 Å². The SMILES string of the molecule is CCCC(CC(=O)NS(=O)(=O)c1ccccn1)Nc1ccccc1NCc1csc2cccc(C)c12. The van der Waals surface area contributed by atoms with Crippen molar-refractivity contribution in [2.75, 3.05) is 10.6 Å². The van der Waals surface area contributed by atoms with Crippen LogP contribution >= 0.6 is 11.3 Å². The van der Waals surface area contributed by atoms with Crippen molar-refractivity contribution in [3.8, 4) is 0 Å². The highest BCUT2D eigenvalue weighted by Crippen LogP contribution is 2.30. The Hall–Kier alpha value is -3.43. The fourth-order valence-electron chi connectivity index (χ4n) is 4.20. The maximum absolute atomic E-state index is 12.7. The van der Waals surface area contributed by atoms with Crippen molar-refractivity contribution in [2.45, 2.75) is 50.7 Å². The molecule has 0 saturated carbocycles. The van der Waals surface area contributed by atoms with Gasteiger partial charge >= 0.3 is 0 Å². The molecule has 1 atom stereocenters. The molecule has 0 bridgehead atoms. The Bertz CT molecular complexity index is 1440. The zero-order chi connectivity index (χ0) is 25.5. The van der Waals surface area contributed by atoms with E-state index in [1.54, 1.807) is 23.5 Å². The molecule has 0 fully saturated rings. The smallest absolute Gasteiger partial charge is 0.281 e. The number of hydrogen-bond acceptors (Lipinski definition) is 7. The first-order chi connectivity index (χ1) is 17.4. The molecule has 1 amide bonds. The van der Waals surface area contributed by atoms with Gasteiger partial charge in [-0.1, -0.05) is 43.7 Å². The van der Waals surface area contributed by atoms with E-state index in [1.165, 1.54) is 33.5 Å². The van der Waals surface area contributed by atoms with Crippen LogP contribution in [0.3, 0.4) is 0 Å². The normalized spacial score (nSPS) is 12.3. The number of anilines is 2. The number of nitrogens with zero attached hydrogens (tertiary/aromatic N) is 1. The molecule has 0 aliphatic heterocycles. The quantitative estimate of drug-likeness (QED) is 0.234. The lowest BCUT2D eigenvalue weighted by atomic mass is 10.1. The number of thiophene rings is 1. The summed E-state index contributed by atoms with van der Waals surface area (Å²) in [5.41, 5.74) is 4.29. The number of hydrogen-bond donors (Lipinski definition) is 3. The number of nitrogens with one attached hydrogen (secondary N) is 3. The Balaban J connectivity index is 1.44. The average molecular weight is 523 g/mol. The number of carbonyl (C=O) groups excluding carboxylic acids is 1. The summed E-state index contributed by atoms with van der Waals surface area (Å²) in [6.45, 7) is 4.83. The minimum atomic E-state index is -4.01. The van der Waals surface area contributed by atoms with Crippen molar-refractivity contribution in [3.63, 3.8) is 0 Å². The molecule has 1 unspecified atom stereocenters. The average Bonchev–Trinajstić information content (AvgIpc) is 3.28. The predicted octanol–water partition coefficient (Wildman–Crippen LogP) is 5.69. The number of fused-ring (bicyclic) bond motifs is 1. The lowest BCUT2D eigenvalue weighted by Gasteiger charge is -2.21. The Morgan fingerprint density at radius 1 is 1.03 bits per heavy atom. The Labute approximate surface area is 216 Å². The maximum Gasteiger partial charge on any atom is 0.281 e. The number of rotatable bonds is 11.